The normalized spacial score (nSPS) is 12.8. The van der Waals surface area contributed by atoms with Gasteiger partial charge in [0.1, 0.15) is 5.69 Å². The zero-order valence-electron chi connectivity index (χ0n) is 12.4. The summed E-state index contributed by atoms with van der Waals surface area (Å²) in [7, 11) is 0. The highest BCUT2D eigenvalue weighted by molar-refractivity contribution is 6.31. The first-order valence-electron chi connectivity index (χ1n) is 6.58. The fourth-order valence-corrected chi connectivity index (χ4v) is 2.23. The van der Waals surface area contributed by atoms with Gasteiger partial charge >= 0.3 is 0 Å². The predicted molar refractivity (Wildman–Crippen MR) is 83.4 cm³/mol. The molecule has 1 unspecified atom stereocenters. The van der Waals surface area contributed by atoms with E-state index in [4.69, 9.17) is 17.3 Å². The minimum atomic E-state index is -0.587. The Bertz CT molecular complexity index is 541. The summed E-state index contributed by atoms with van der Waals surface area (Å²) in [5, 5.41) is 13.7. The number of hydrogen-bond donors (Lipinski definition) is 2. The molecule has 1 aromatic rings. The molecular weight excluding hydrogens is 294 g/mol. The lowest BCUT2D eigenvalue weighted by Gasteiger charge is -2.22. The van der Waals surface area contributed by atoms with Gasteiger partial charge in [-0.3, -0.25) is 14.9 Å². The van der Waals surface area contributed by atoms with E-state index in [-0.39, 0.29) is 40.2 Å². The number of nitrogens with two attached hydrogens (primary N) is 1. The van der Waals surface area contributed by atoms with Gasteiger partial charge in [0, 0.05) is 23.6 Å². The second-order valence-electron chi connectivity index (χ2n) is 6.20. The number of amides is 1. The molecule has 1 amide bonds. The van der Waals surface area contributed by atoms with E-state index in [1.165, 1.54) is 18.2 Å². The third-order valence-electron chi connectivity index (χ3n) is 2.75. The van der Waals surface area contributed by atoms with Crippen molar-refractivity contribution in [1.29, 1.82) is 0 Å². The number of nitro groups is 1. The number of nitro benzene ring substituents is 1. The minimum Gasteiger partial charge on any atom is -0.327 e. The standard InChI is InChI=1S/C14H20ClN3O3/c1-14(2,3)8-10(16)7-13(19)17-11-5-4-9(15)6-12(11)18(20)21/h4-6,10H,7-8,16H2,1-3H3,(H,17,19). The summed E-state index contributed by atoms with van der Waals surface area (Å²) in [6.45, 7) is 6.11. The maximum atomic E-state index is 11.9. The summed E-state index contributed by atoms with van der Waals surface area (Å²) >= 11 is 5.72. The molecule has 0 bridgehead atoms. The third kappa shape index (κ3) is 6.10. The van der Waals surface area contributed by atoms with Gasteiger partial charge in [-0.15, -0.1) is 0 Å². The molecule has 0 radical (unpaired) electrons. The molecule has 1 aromatic carbocycles. The van der Waals surface area contributed by atoms with Gasteiger partial charge in [-0.1, -0.05) is 32.4 Å². The summed E-state index contributed by atoms with van der Waals surface area (Å²) in [6, 6.07) is 3.80. The molecule has 21 heavy (non-hydrogen) atoms. The van der Waals surface area contributed by atoms with Crippen LogP contribution in [0, 0.1) is 15.5 Å². The van der Waals surface area contributed by atoms with E-state index in [0.29, 0.717) is 6.42 Å². The van der Waals surface area contributed by atoms with Crippen molar-refractivity contribution in [1.82, 2.24) is 0 Å². The quantitative estimate of drug-likeness (QED) is 0.643. The highest BCUT2D eigenvalue weighted by Crippen LogP contribution is 2.28. The molecule has 0 saturated carbocycles. The number of hydrogen-bond acceptors (Lipinski definition) is 4. The second-order valence-corrected chi connectivity index (χ2v) is 6.63. The van der Waals surface area contributed by atoms with Crippen molar-refractivity contribution in [2.75, 3.05) is 5.32 Å². The molecule has 0 aromatic heterocycles. The molecule has 6 nitrogen and oxygen atoms in total. The Morgan fingerprint density at radius 3 is 2.62 bits per heavy atom. The molecule has 7 heteroatoms. The van der Waals surface area contributed by atoms with E-state index in [1.54, 1.807) is 0 Å². The number of anilines is 1. The second kappa shape index (κ2) is 6.87. The maximum absolute atomic E-state index is 11.9. The van der Waals surface area contributed by atoms with Gasteiger partial charge in [0.2, 0.25) is 5.91 Å². The van der Waals surface area contributed by atoms with Crippen molar-refractivity contribution in [3.8, 4) is 0 Å². The molecule has 3 N–H and O–H groups in total. The average Bonchev–Trinajstić information content (AvgIpc) is 2.28. The Hall–Kier alpha value is -1.66. The summed E-state index contributed by atoms with van der Waals surface area (Å²) in [5.41, 5.74) is 5.83. The summed E-state index contributed by atoms with van der Waals surface area (Å²) < 4.78 is 0. The van der Waals surface area contributed by atoms with Gasteiger partial charge in [-0.2, -0.15) is 0 Å². The Morgan fingerprint density at radius 1 is 1.48 bits per heavy atom. The maximum Gasteiger partial charge on any atom is 0.294 e. The van der Waals surface area contributed by atoms with Crippen LogP contribution in [0.3, 0.4) is 0 Å². The van der Waals surface area contributed by atoms with Crippen LogP contribution in [0.1, 0.15) is 33.6 Å². The summed E-state index contributed by atoms with van der Waals surface area (Å²) in [5.74, 6) is -0.350. The van der Waals surface area contributed by atoms with Crippen LogP contribution in [-0.4, -0.2) is 16.9 Å². The first-order chi connectivity index (χ1) is 9.58. The fourth-order valence-electron chi connectivity index (χ4n) is 2.06. The van der Waals surface area contributed by atoms with E-state index in [9.17, 15) is 14.9 Å². The van der Waals surface area contributed by atoms with Crippen molar-refractivity contribution in [3.63, 3.8) is 0 Å². The van der Waals surface area contributed by atoms with Crippen LogP contribution in [0.4, 0.5) is 11.4 Å². The summed E-state index contributed by atoms with van der Waals surface area (Å²) in [6.07, 6.45) is 0.792. The minimum absolute atomic E-state index is 0.0198. The number of carbonyl (C=O) groups is 1. The average molecular weight is 314 g/mol. The van der Waals surface area contributed by atoms with E-state index in [2.05, 4.69) is 5.32 Å². The molecule has 116 valence electrons. The first-order valence-corrected chi connectivity index (χ1v) is 6.95. The highest BCUT2D eigenvalue weighted by Gasteiger charge is 2.20. The van der Waals surface area contributed by atoms with Gasteiger partial charge < -0.3 is 11.1 Å². The number of benzene rings is 1. The van der Waals surface area contributed by atoms with Gasteiger partial charge in [-0.05, 0) is 24.0 Å². The topological polar surface area (TPSA) is 98.3 Å². The molecule has 1 rings (SSSR count). The Kier molecular flexibility index (Phi) is 5.69. The lowest BCUT2D eigenvalue weighted by atomic mass is 9.87. The van der Waals surface area contributed by atoms with Crippen LogP contribution in [0.25, 0.3) is 0 Å². The van der Waals surface area contributed by atoms with Gasteiger partial charge in [0.15, 0.2) is 0 Å². The van der Waals surface area contributed by atoms with Crippen molar-refractivity contribution in [2.45, 2.75) is 39.7 Å². The zero-order chi connectivity index (χ0) is 16.2. The molecular formula is C14H20ClN3O3. The smallest absolute Gasteiger partial charge is 0.294 e. The van der Waals surface area contributed by atoms with Gasteiger partial charge in [0.25, 0.3) is 5.69 Å². The van der Waals surface area contributed by atoms with Crippen molar-refractivity contribution in [3.05, 3.63) is 33.3 Å². The SMILES string of the molecule is CC(C)(C)CC(N)CC(=O)Nc1ccc(Cl)cc1[N+](=O)[O-]. The Morgan fingerprint density at radius 2 is 2.10 bits per heavy atom. The molecule has 0 saturated heterocycles. The van der Waals surface area contributed by atoms with Crippen molar-refractivity contribution in [2.24, 2.45) is 11.1 Å². The predicted octanol–water partition coefficient (Wildman–Crippen LogP) is 3.34. The molecule has 0 aliphatic carbocycles. The monoisotopic (exact) mass is 313 g/mol. The Labute approximate surface area is 128 Å². The van der Waals surface area contributed by atoms with E-state index in [1.807, 2.05) is 20.8 Å². The number of halogens is 1. The highest BCUT2D eigenvalue weighted by atomic mass is 35.5. The Balaban J connectivity index is 2.73. The van der Waals surface area contributed by atoms with Crippen molar-refractivity contribution >= 4 is 28.9 Å². The van der Waals surface area contributed by atoms with Gasteiger partial charge in [-0.25, -0.2) is 0 Å². The molecule has 0 aliphatic rings. The van der Waals surface area contributed by atoms with E-state index >= 15 is 0 Å². The number of nitrogens with one attached hydrogen (secondary N) is 1. The van der Waals surface area contributed by atoms with Gasteiger partial charge in [0.05, 0.1) is 4.92 Å². The largest absolute Gasteiger partial charge is 0.327 e. The van der Waals surface area contributed by atoms with Crippen LogP contribution >= 0.6 is 11.6 Å². The number of rotatable bonds is 5. The fraction of sp³-hybridized carbons (Fsp3) is 0.500. The zero-order valence-corrected chi connectivity index (χ0v) is 13.1. The number of carbonyl (C=O) groups excluding carboxylic acids is 1. The molecule has 1 atom stereocenters. The van der Waals surface area contributed by atoms with E-state index in [0.717, 1.165) is 0 Å². The van der Waals surface area contributed by atoms with Crippen LogP contribution in [-0.2, 0) is 4.79 Å². The molecule has 0 spiro atoms. The van der Waals surface area contributed by atoms with Crippen LogP contribution in [0.15, 0.2) is 18.2 Å². The third-order valence-corrected chi connectivity index (χ3v) is 2.99. The van der Waals surface area contributed by atoms with Crippen LogP contribution in [0.2, 0.25) is 5.02 Å². The lowest BCUT2D eigenvalue weighted by molar-refractivity contribution is -0.383. The molecule has 0 heterocycles. The van der Waals surface area contributed by atoms with Crippen LogP contribution in [0.5, 0.6) is 0 Å². The van der Waals surface area contributed by atoms with E-state index < -0.39 is 4.92 Å². The first kappa shape index (κ1) is 17.4. The molecule has 0 fully saturated rings. The lowest BCUT2D eigenvalue weighted by Crippen LogP contribution is -2.31. The molecule has 0 aliphatic heterocycles. The number of nitrogens with zero attached hydrogens (tertiary/aromatic N) is 1. The van der Waals surface area contributed by atoms with Crippen molar-refractivity contribution < 1.29 is 9.72 Å². The summed E-state index contributed by atoms with van der Waals surface area (Å²) in [4.78, 5) is 22.3. The van der Waals surface area contributed by atoms with Crippen LogP contribution < -0.4 is 11.1 Å².